The van der Waals surface area contributed by atoms with Crippen molar-refractivity contribution in [2.45, 2.75) is 25.1 Å². The van der Waals surface area contributed by atoms with Crippen LogP contribution in [0.5, 0.6) is 0 Å². The maximum atomic E-state index is 12.7. The van der Waals surface area contributed by atoms with Crippen LogP contribution in [0, 0.1) is 0 Å². The summed E-state index contributed by atoms with van der Waals surface area (Å²) in [5, 5.41) is 2.85. The minimum absolute atomic E-state index is 0.00198. The minimum atomic E-state index is -4.42. The number of hydrogen-bond acceptors (Lipinski definition) is 5. The fourth-order valence-corrected chi connectivity index (χ4v) is 3.48. The van der Waals surface area contributed by atoms with Gasteiger partial charge in [-0.05, 0) is 49.2 Å². The first-order valence-corrected chi connectivity index (χ1v) is 9.67. The highest BCUT2D eigenvalue weighted by atomic mass is 19.4. The Balaban J connectivity index is 1.34. The van der Waals surface area contributed by atoms with Gasteiger partial charge in [-0.2, -0.15) is 13.2 Å². The molecule has 0 atom stereocenters. The van der Waals surface area contributed by atoms with Crippen LogP contribution in [0.15, 0.2) is 58.1 Å². The third-order valence-corrected chi connectivity index (χ3v) is 5.17. The van der Waals surface area contributed by atoms with Gasteiger partial charge in [-0.3, -0.25) is 9.59 Å². The molecule has 4 rings (SSSR count). The summed E-state index contributed by atoms with van der Waals surface area (Å²) >= 11 is 0. The number of rotatable bonds is 4. The Morgan fingerprint density at radius 1 is 1.16 bits per heavy atom. The Kier molecular flexibility index (Phi) is 5.53. The van der Waals surface area contributed by atoms with Crippen molar-refractivity contribution >= 4 is 11.7 Å². The normalized spacial score (nSPS) is 15.1. The quantitative estimate of drug-likeness (QED) is 0.659. The van der Waals surface area contributed by atoms with Gasteiger partial charge >= 0.3 is 6.18 Å². The third-order valence-electron chi connectivity index (χ3n) is 5.17. The van der Waals surface area contributed by atoms with Crippen molar-refractivity contribution in [1.82, 2.24) is 15.3 Å². The fourth-order valence-electron chi connectivity index (χ4n) is 3.48. The highest BCUT2D eigenvalue weighted by Gasteiger charge is 2.31. The summed E-state index contributed by atoms with van der Waals surface area (Å²) in [6.07, 6.45) is -0.951. The van der Waals surface area contributed by atoms with E-state index >= 15 is 0 Å². The first kappa shape index (κ1) is 20.7. The average molecular weight is 432 g/mol. The lowest BCUT2D eigenvalue weighted by atomic mass is 10.0. The molecule has 1 fully saturated rings. The van der Waals surface area contributed by atoms with Gasteiger partial charge in [0.25, 0.3) is 11.5 Å². The molecule has 1 amide bonds. The molecular formula is C21H19F3N4O3. The summed E-state index contributed by atoms with van der Waals surface area (Å²) < 4.78 is 43.3. The number of halogens is 3. The zero-order valence-corrected chi connectivity index (χ0v) is 16.3. The number of aromatic amines is 1. The molecule has 4 heterocycles. The molecule has 31 heavy (non-hydrogen) atoms. The predicted molar refractivity (Wildman–Crippen MR) is 107 cm³/mol. The van der Waals surface area contributed by atoms with E-state index in [1.54, 1.807) is 18.2 Å². The number of amides is 1. The Morgan fingerprint density at radius 2 is 1.94 bits per heavy atom. The molecule has 0 saturated carbocycles. The van der Waals surface area contributed by atoms with Gasteiger partial charge in [-0.15, -0.1) is 0 Å². The van der Waals surface area contributed by atoms with Crippen molar-refractivity contribution in [3.05, 3.63) is 70.3 Å². The molecular weight excluding hydrogens is 413 g/mol. The summed E-state index contributed by atoms with van der Waals surface area (Å²) in [6, 6.07) is 8.66. The number of hydrogen-bond donors (Lipinski definition) is 2. The minimum Gasteiger partial charge on any atom is -0.463 e. The molecule has 1 aliphatic rings. The second-order valence-electron chi connectivity index (χ2n) is 7.23. The lowest BCUT2D eigenvalue weighted by Crippen LogP contribution is -2.45. The van der Waals surface area contributed by atoms with E-state index in [4.69, 9.17) is 4.42 Å². The van der Waals surface area contributed by atoms with Crippen LogP contribution in [0.2, 0.25) is 0 Å². The summed E-state index contributed by atoms with van der Waals surface area (Å²) in [4.78, 5) is 33.2. The fraction of sp³-hybridized carbons (Fsp3) is 0.286. The van der Waals surface area contributed by atoms with Crippen molar-refractivity contribution in [3.63, 3.8) is 0 Å². The van der Waals surface area contributed by atoms with Crippen LogP contribution in [0.3, 0.4) is 0 Å². The van der Waals surface area contributed by atoms with Gasteiger partial charge in [-0.25, -0.2) is 4.98 Å². The van der Waals surface area contributed by atoms with Gasteiger partial charge < -0.3 is 19.6 Å². The monoisotopic (exact) mass is 432 g/mol. The molecule has 0 aliphatic carbocycles. The standard InChI is InChI=1S/C21H19F3N4O3/c22-21(23,24)13-3-6-18(25-12-13)28-9-7-14(8-10-28)26-19(29)15-4-5-16(27-20(15)30)17-2-1-11-31-17/h1-6,11-12,14H,7-10H2,(H,26,29)(H,27,30). The Bertz CT molecular complexity index is 1100. The number of aromatic nitrogens is 2. The Morgan fingerprint density at radius 3 is 2.52 bits per heavy atom. The predicted octanol–water partition coefficient (Wildman–Crippen LogP) is 3.45. The van der Waals surface area contributed by atoms with Crippen molar-refractivity contribution in [2.75, 3.05) is 18.0 Å². The zero-order chi connectivity index (χ0) is 22.0. The van der Waals surface area contributed by atoms with E-state index in [1.807, 2.05) is 4.90 Å². The van der Waals surface area contributed by atoms with Crippen LogP contribution >= 0.6 is 0 Å². The number of H-pyrrole nitrogens is 1. The molecule has 1 saturated heterocycles. The summed E-state index contributed by atoms with van der Waals surface area (Å²) in [5.41, 5.74) is -0.828. The van der Waals surface area contributed by atoms with Crippen molar-refractivity contribution < 1.29 is 22.4 Å². The second-order valence-corrected chi connectivity index (χ2v) is 7.23. The van der Waals surface area contributed by atoms with Crippen molar-refractivity contribution in [1.29, 1.82) is 0 Å². The van der Waals surface area contributed by atoms with Gasteiger partial charge in [0.1, 0.15) is 17.1 Å². The molecule has 162 valence electrons. The number of alkyl halides is 3. The Hall–Kier alpha value is -3.56. The van der Waals surface area contributed by atoms with E-state index in [-0.39, 0.29) is 11.6 Å². The zero-order valence-electron chi connectivity index (χ0n) is 16.3. The van der Waals surface area contributed by atoms with E-state index < -0.39 is 23.2 Å². The molecule has 0 radical (unpaired) electrons. The van der Waals surface area contributed by atoms with Crippen molar-refractivity contribution in [2.24, 2.45) is 0 Å². The number of carbonyl (C=O) groups is 1. The van der Waals surface area contributed by atoms with E-state index in [2.05, 4.69) is 15.3 Å². The Labute approximate surface area is 174 Å². The number of pyridine rings is 2. The van der Waals surface area contributed by atoms with Crippen LogP contribution < -0.4 is 15.8 Å². The lowest BCUT2D eigenvalue weighted by Gasteiger charge is -2.33. The first-order valence-electron chi connectivity index (χ1n) is 9.67. The topological polar surface area (TPSA) is 91.2 Å². The molecule has 0 spiro atoms. The van der Waals surface area contributed by atoms with E-state index in [0.717, 1.165) is 12.3 Å². The summed E-state index contributed by atoms with van der Waals surface area (Å²) in [6.45, 7) is 1.05. The number of furan rings is 1. The van der Waals surface area contributed by atoms with Crippen LogP contribution in [-0.4, -0.2) is 35.0 Å². The van der Waals surface area contributed by atoms with Crippen LogP contribution in [0.4, 0.5) is 19.0 Å². The molecule has 0 aromatic carbocycles. The highest BCUT2D eigenvalue weighted by molar-refractivity contribution is 5.94. The van der Waals surface area contributed by atoms with Gasteiger partial charge in [0.05, 0.1) is 17.5 Å². The third kappa shape index (κ3) is 4.62. The smallest absolute Gasteiger partial charge is 0.417 e. The molecule has 3 aromatic heterocycles. The van der Waals surface area contributed by atoms with Crippen LogP contribution in [0.1, 0.15) is 28.8 Å². The average Bonchev–Trinajstić information content (AvgIpc) is 3.28. The molecule has 0 bridgehead atoms. The number of anilines is 1. The van der Waals surface area contributed by atoms with Gasteiger partial charge in [0.15, 0.2) is 0 Å². The maximum absolute atomic E-state index is 12.7. The van der Waals surface area contributed by atoms with Crippen LogP contribution in [-0.2, 0) is 6.18 Å². The van der Waals surface area contributed by atoms with Crippen LogP contribution in [0.25, 0.3) is 11.5 Å². The lowest BCUT2D eigenvalue weighted by molar-refractivity contribution is -0.137. The van der Waals surface area contributed by atoms with E-state index in [1.165, 1.54) is 18.4 Å². The molecule has 0 unspecified atom stereocenters. The SMILES string of the molecule is O=C(NC1CCN(c2ccc(C(F)(F)F)cn2)CC1)c1ccc(-c2ccco2)[nH]c1=O. The second kappa shape index (κ2) is 8.29. The molecule has 2 N–H and O–H groups in total. The highest BCUT2D eigenvalue weighted by Crippen LogP contribution is 2.29. The first-order chi connectivity index (χ1) is 14.8. The summed E-state index contributed by atoms with van der Waals surface area (Å²) in [5.74, 6) is 0.481. The van der Waals surface area contributed by atoms with Gasteiger partial charge in [0.2, 0.25) is 0 Å². The number of piperidine rings is 1. The number of nitrogens with one attached hydrogen (secondary N) is 2. The molecule has 1 aliphatic heterocycles. The largest absolute Gasteiger partial charge is 0.463 e. The van der Waals surface area contributed by atoms with Crippen molar-refractivity contribution in [3.8, 4) is 11.5 Å². The number of carbonyl (C=O) groups excluding carboxylic acids is 1. The maximum Gasteiger partial charge on any atom is 0.417 e. The molecule has 7 nitrogen and oxygen atoms in total. The van der Waals surface area contributed by atoms with E-state index in [9.17, 15) is 22.8 Å². The molecule has 10 heteroatoms. The van der Waals surface area contributed by atoms with E-state index in [0.29, 0.717) is 43.2 Å². The molecule has 3 aromatic rings. The summed E-state index contributed by atoms with van der Waals surface area (Å²) in [7, 11) is 0. The van der Waals surface area contributed by atoms with Gasteiger partial charge in [-0.1, -0.05) is 0 Å². The van der Waals surface area contributed by atoms with Gasteiger partial charge in [0, 0.05) is 25.3 Å². The number of nitrogens with zero attached hydrogens (tertiary/aromatic N) is 2.